The molecule has 0 bridgehead atoms. The zero-order valence-electron chi connectivity index (χ0n) is 19.2. The predicted molar refractivity (Wildman–Crippen MR) is 130 cm³/mol. The zero-order valence-corrected chi connectivity index (χ0v) is 20.0. The molecule has 0 aliphatic rings. The summed E-state index contributed by atoms with van der Waals surface area (Å²) in [6.07, 6.45) is 0. The second-order valence-electron chi connectivity index (χ2n) is 8.50. The molecule has 3 aromatic rings. The molecule has 0 aromatic heterocycles. The first-order valence-electron chi connectivity index (χ1n) is 10.8. The van der Waals surface area contributed by atoms with Crippen LogP contribution in [0.4, 0.5) is 5.69 Å². The van der Waals surface area contributed by atoms with Crippen LogP contribution in [0.5, 0.6) is 5.75 Å². The van der Waals surface area contributed by atoms with Gasteiger partial charge in [0, 0.05) is 0 Å². The predicted octanol–water partition coefficient (Wildman–Crippen LogP) is 6.01. The van der Waals surface area contributed by atoms with E-state index in [2.05, 4.69) is 4.72 Å². The van der Waals surface area contributed by atoms with Gasteiger partial charge in [-0.3, -0.25) is 4.72 Å². The van der Waals surface area contributed by atoms with Crippen molar-refractivity contribution in [2.75, 3.05) is 4.72 Å². The van der Waals surface area contributed by atoms with Crippen LogP contribution in [-0.2, 0) is 16.6 Å². The summed E-state index contributed by atoms with van der Waals surface area (Å²) in [5, 5.41) is 9.06. The van der Waals surface area contributed by atoms with E-state index in [0.29, 0.717) is 11.4 Å². The summed E-state index contributed by atoms with van der Waals surface area (Å²) in [4.78, 5) is 11.3. The normalized spacial score (nSPS) is 11.6. The van der Waals surface area contributed by atoms with Crippen LogP contribution < -0.4 is 9.46 Å². The maximum absolute atomic E-state index is 13.3. The quantitative estimate of drug-likeness (QED) is 0.402. The van der Waals surface area contributed by atoms with Gasteiger partial charge in [0.1, 0.15) is 12.4 Å². The number of anilines is 1. The number of rotatable bonds is 9. The number of benzene rings is 3. The molecule has 0 atom stereocenters. The Bertz CT molecular complexity index is 1230. The van der Waals surface area contributed by atoms with E-state index in [4.69, 9.17) is 9.84 Å². The SMILES string of the molecule is CC(C)c1ccc(NS(=O)(=O)c2ccccc2C(C)C)c(OCc2ccc(C(=O)O)cc2)c1. The fraction of sp³-hybridized carbons (Fsp3) is 0.269. The Morgan fingerprint density at radius 2 is 1.61 bits per heavy atom. The van der Waals surface area contributed by atoms with Crippen LogP contribution in [0.2, 0.25) is 0 Å². The van der Waals surface area contributed by atoms with Gasteiger partial charge in [-0.15, -0.1) is 0 Å². The molecule has 0 saturated carbocycles. The molecule has 0 spiro atoms. The summed E-state index contributed by atoms with van der Waals surface area (Å²) < 4.78 is 35.2. The Kier molecular flexibility index (Phi) is 7.43. The minimum Gasteiger partial charge on any atom is -0.487 e. The molecule has 0 unspecified atom stereocenters. The van der Waals surface area contributed by atoms with Crippen molar-refractivity contribution in [2.24, 2.45) is 0 Å². The van der Waals surface area contributed by atoms with Crippen LogP contribution >= 0.6 is 0 Å². The molecule has 7 heteroatoms. The summed E-state index contributed by atoms with van der Waals surface area (Å²) >= 11 is 0. The lowest BCUT2D eigenvalue weighted by Crippen LogP contribution is -2.16. The van der Waals surface area contributed by atoms with E-state index in [0.717, 1.165) is 16.7 Å². The Hall–Kier alpha value is -3.32. The molecule has 0 heterocycles. The van der Waals surface area contributed by atoms with Gasteiger partial charge in [0.2, 0.25) is 0 Å². The highest BCUT2D eigenvalue weighted by Crippen LogP contribution is 2.33. The fourth-order valence-electron chi connectivity index (χ4n) is 3.41. The molecular weight excluding hydrogens is 438 g/mol. The third-order valence-corrected chi connectivity index (χ3v) is 6.78. The van der Waals surface area contributed by atoms with E-state index in [9.17, 15) is 13.2 Å². The number of aromatic carboxylic acids is 1. The van der Waals surface area contributed by atoms with E-state index in [-0.39, 0.29) is 28.9 Å². The Labute approximate surface area is 195 Å². The molecule has 174 valence electrons. The molecule has 0 amide bonds. The number of hydrogen-bond acceptors (Lipinski definition) is 4. The largest absolute Gasteiger partial charge is 0.487 e. The first kappa shape index (κ1) is 24.3. The number of carbonyl (C=O) groups is 1. The van der Waals surface area contributed by atoms with Gasteiger partial charge < -0.3 is 9.84 Å². The van der Waals surface area contributed by atoms with Crippen LogP contribution in [-0.4, -0.2) is 19.5 Å². The Morgan fingerprint density at radius 3 is 2.21 bits per heavy atom. The maximum Gasteiger partial charge on any atom is 0.335 e. The van der Waals surface area contributed by atoms with Crippen molar-refractivity contribution >= 4 is 21.7 Å². The van der Waals surface area contributed by atoms with Gasteiger partial charge in [0.25, 0.3) is 10.0 Å². The van der Waals surface area contributed by atoms with Crippen molar-refractivity contribution in [2.45, 2.75) is 51.0 Å². The van der Waals surface area contributed by atoms with Gasteiger partial charge in [-0.2, -0.15) is 0 Å². The van der Waals surface area contributed by atoms with Crippen molar-refractivity contribution in [1.29, 1.82) is 0 Å². The molecule has 3 rings (SSSR count). The second kappa shape index (κ2) is 10.1. The average Bonchev–Trinajstić information content (AvgIpc) is 2.78. The van der Waals surface area contributed by atoms with Crippen LogP contribution in [0.1, 0.15) is 66.6 Å². The second-order valence-corrected chi connectivity index (χ2v) is 10.1. The van der Waals surface area contributed by atoms with Crippen LogP contribution in [0.15, 0.2) is 71.6 Å². The zero-order chi connectivity index (χ0) is 24.2. The highest BCUT2D eigenvalue weighted by molar-refractivity contribution is 7.92. The summed E-state index contributed by atoms with van der Waals surface area (Å²) in [5.74, 6) is -0.306. The lowest BCUT2D eigenvalue weighted by atomic mass is 10.0. The van der Waals surface area contributed by atoms with E-state index < -0.39 is 16.0 Å². The maximum atomic E-state index is 13.3. The number of hydrogen-bond donors (Lipinski definition) is 2. The summed E-state index contributed by atoms with van der Waals surface area (Å²) in [7, 11) is -3.84. The number of carboxylic acid groups (broad SMARTS) is 1. The van der Waals surface area contributed by atoms with Crippen molar-refractivity contribution in [3.63, 3.8) is 0 Å². The first-order chi connectivity index (χ1) is 15.6. The molecule has 0 fully saturated rings. The summed E-state index contributed by atoms with van der Waals surface area (Å²) in [6, 6.07) is 18.8. The van der Waals surface area contributed by atoms with Gasteiger partial charge in [0.05, 0.1) is 16.1 Å². The average molecular weight is 468 g/mol. The molecule has 0 saturated heterocycles. The third-order valence-electron chi connectivity index (χ3n) is 5.34. The lowest BCUT2D eigenvalue weighted by Gasteiger charge is -2.18. The van der Waals surface area contributed by atoms with E-state index in [1.165, 1.54) is 12.1 Å². The van der Waals surface area contributed by atoms with E-state index in [1.54, 1.807) is 30.3 Å². The minimum atomic E-state index is -3.84. The molecule has 0 radical (unpaired) electrons. The lowest BCUT2D eigenvalue weighted by molar-refractivity contribution is 0.0697. The number of carboxylic acids is 1. The number of nitrogens with one attached hydrogen (secondary N) is 1. The number of ether oxygens (including phenoxy) is 1. The molecule has 2 N–H and O–H groups in total. The smallest absolute Gasteiger partial charge is 0.335 e. The topological polar surface area (TPSA) is 92.7 Å². The highest BCUT2D eigenvalue weighted by atomic mass is 32.2. The van der Waals surface area contributed by atoms with Gasteiger partial charge in [-0.1, -0.05) is 64.1 Å². The van der Waals surface area contributed by atoms with Gasteiger partial charge in [0.15, 0.2) is 0 Å². The van der Waals surface area contributed by atoms with Crippen molar-refractivity contribution < 1.29 is 23.1 Å². The molecule has 6 nitrogen and oxygen atoms in total. The summed E-state index contributed by atoms with van der Waals surface area (Å²) in [6.45, 7) is 8.17. The summed E-state index contributed by atoms with van der Waals surface area (Å²) in [5.41, 5.74) is 3.06. The first-order valence-corrected chi connectivity index (χ1v) is 12.3. The standard InChI is InChI=1S/C26H29NO5S/c1-17(2)21-13-14-23(27-33(30,31)25-8-6-5-7-22(25)18(3)4)24(15-21)32-16-19-9-11-20(12-10-19)26(28)29/h5-15,17-18,27H,16H2,1-4H3,(H,28,29). The van der Waals surface area contributed by atoms with Gasteiger partial charge in [-0.05, 0) is 58.9 Å². The van der Waals surface area contributed by atoms with Gasteiger partial charge >= 0.3 is 5.97 Å². The Balaban J connectivity index is 1.91. The van der Waals surface area contributed by atoms with Gasteiger partial charge in [-0.25, -0.2) is 13.2 Å². The highest BCUT2D eigenvalue weighted by Gasteiger charge is 2.22. The molecule has 0 aliphatic carbocycles. The van der Waals surface area contributed by atoms with E-state index in [1.807, 2.05) is 52.0 Å². The van der Waals surface area contributed by atoms with Crippen molar-refractivity contribution in [1.82, 2.24) is 0 Å². The molecule has 33 heavy (non-hydrogen) atoms. The number of sulfonamides is 1. The minimum absolute atomic E-state index is 0.0468. The van der Waals surface area contributed by atoms with Crippen molar-refractivity contribution in [3.8, 4) is 5.75 Å². The third kappa shape index (κ3) is 5.93. The van der Waals surface area contributed by atoms with Crippen LogP contribution in [0.25, 0.3) is 0 Å². The Morgan fingerprint density at radius 1 is 0.939 bits per heavy atom. The molecular formula is C26H29NO5S. The molecule has 3 aromatic carbocycles. The van der Waals surface area contributed by atoms with Crippen LogP contribution in [0, 0.1) is 0 Å². The van der Waals surface area contributed by atoms with E-state index >= 15 is 0 Å². The monoisotopic (exact) mass is 467 g/mol. The van der Waals surface area contributed by atoms with Crippen LogP contribution in [0.3, 0.4) is 0 Å². The van der Waals surface area contributed by atoms with Crippen molar-refractivity contribution in [3.05, 3.63) is 89.0 Å². The fourth-order valence-corrected chi connectivity index (χ4v) is 4.85. The molecule has 0 aliphatic heterocycles.